The Morgan fingerprint density at radius 1 is 1.12 bits per heavy atom. The lowest BCUT2D eigenvalue weighted by atomic mass is 9.97. The zero-order chi connectivity index (χ0) is 16.9. The molecular formula is C15H27ClF3N3O2. The van der Waals surface area contributed by atoms with Gasteiger partial charge < -0.3 is 15.4 Å². The lowest BCUT2D eigenvalue weighted by Crippen LogP contribution is -2.58. The van der Waals surface area contributed by atoms with Crippen molar-refractivity contribution in [2.24, 2.45) is 5.73 Å². The molecule has 1 saturated heterocycles. The summed E-state index contributed by atoms with van der Waals surface area (Å²) < 4.78 is 40.4. The minimum atomic E-state index is -4.26. The highest BCUT2D eigenvalue weighted by Gasteiger charge is 2.40. The lowest BCUT2D eigenvalue weighted by molar-refractivity contribution is -0.174. The number of amides is 1. The maximum atomic E-state index is 12.5. The third-order valence-corrected chi connectivity index (χ3v) is 4.61. The highest BCUT2D eigenvalue weighted by atomic mass is 35.5. The number of alkyl halides is 3. The summed E-state index contributed by atoms with van der Waals surface area (Å²) in [5.41, 5.74) is 5.53. The number of nitrogens with two attached hydrogens (primary N) is 1. The monoisotopic (exact) mass is 373 g/mol. The molecule has 2 rings (SSSR count). The standard InChI is InChI=1S/C15H26F3N3O2.ClH/c16-15(17,18)12-23-11-3-6-20-7-9-21(10-8-20)13(22)14(19)4-1-2-5-14;/h1-12,19H2;1H. The normalized spacial score (nSPS) is 21.6. The van der Waals surface area contributed by atoms with Crippen LogP contribution in [-0.2, 0) is 9.53 Å². The van der Waals surface area contributed by atoms with Crippen LogP contribution < -0.4 is 5.73 Å². The Labute approximate surface area is 147 Å². The van der Waals surface area contributed by atoms with Crippen LogP contribution in [0.15, 0.2) is 0 Å². The van der Waals surface area contributed by atoms with Crippen molar-refractivity contribution >= 4 is 18.3 Å². The van der Waals surface area contributed by atoms with Gasteiger partial charge in [-0.15, -0.1) is 12.4 Å². The molecule has 0 radical (unpaired) electrons. The minimum absolute atomic E-state index is 0. The molecule has 2 fully saturated rings. The van der Waals surface area contributed by atoms with E-state index in [-0.39, 0.29) is 24.9 Å². The molecule has 2 aliphatic rings. The first-order valence-electron chi connectivity index (χ1n) is 8.25. The van der Waals surface area contributed by atoms with Crippen LogP contribution in [-0.4, -0.2) is 73.4 Å². The van der Waals surface area contributed by atoms with Crippen LogP contribution in [0.5, 0.6) is 0 Å². The van der Waals surface area contributed by atoms with Crippen molar-refractivity contribution < 1.29 is 22.7 Å². The second-order valence-corrected chi connectivity index (χ2v) is 6.52. The smallest absolute Gasteiger partial charge is 0.372 e. The fourth-order valence-electron chi connectivity index (χ4n) is 3.29. The minimum Gasteiger partial charge on any atom is -0.372 e. The first-order valence-corrected chi connectivity index (χ1v) is 8.25. The molecule has 0 aromatic rings. The first-order chi connectivity index (χ1) is 10.8. The van der Waals surface area contributed by atoms with Crippen molar-refractivity contribution in [1.82, 2.24) is 9.80 Å². The van der Waals surface area contributed by atoms with Gasteiger partial charge in [0.05, 0.1) is 5.54 Å². The number of piperazine rings is 1. The van der Waals surface area contributed by atoms with Crippen molar-refractivity contribution in [2.45, 2.75) is 43.8 Å². The van der Waals surface area contributed by atoms with E-state index in [2.05, 4.69) is 9.64 Å². The van der Waals surface area contributed by atoms with Gasteiger partial charge in [-0.3, -0.25) is 9.69 Å². The Kier molecular flexibility index (Phi) is 8.25. The summed E-state index contributed by atoms with van der Waals surface area (Å²) in [5, 5.41) is 0. The van der Waals surface area contributed by atoms with E-state index in [1.807, 2.05) is 4.90 Å². The molecule has 0 bridgehead atoms. The highest BCUT2D eigenvalue weighted by molar-refractivity contribution is 5.86. The zero-order valence-electron chi connectivity index (χ0n) is 13.8. The van der Waals surface area contributed by atoms with Crippen molar-refractivity contribution in [3.8, 4) is 0 Å². The number of ether oxygens (including phenoxy) is 1. The average molecular weight is 374 g/mol. The first kappa shape index (κ1) is 21.5. The van der Waals surface area contributed by atoms with Crippen LogP contribution in [0, 0.1) is 0 Å². The van der Waals surface area contributed by atoms with Gasteiger partial charge in [0, 0.05) is 39.3 Å². The summed E-state index contributed by atoms with van der Waals surface area (Å²) in [6.07, 6.45) is -0.138. The van der Waals surface area contributed by atoms with E-state index in [9.17, 15) is 18.0 Å². The third-order valence-electron chi connectivity index (χ3n) is 4.61. The second-order valence-electron chi connectivity index (χ2n) is 6.52. The molecule has 1 saturated carbocycles. The van der Waals surface area contributed by atoms with Gasteiger partial charge in [-0.05, 0) is 19.3 Å². The van der Waals surface area contributed by atoms with E-state index < -0.39 is 18.3 Å². The molecular weight excluding hydrogens is 347 g/mol. The molecule has 142 valence electrons. The maximum absolute atomic E-state index is 12.5. The van der Waals surface area contributed by atoms with Crippen LogP contribution in [0.3, 0.4) is 0 Å². The molecule has 0 aromatic heterocycles. The van der Waals surface area contributed by atoms with Gasteiger partial charge in [0.15, 0.2) is 0 Å². The summed E-state index contributed by atoms with van der Waals surface area (Å²) in [4.78, 5) is 16.5. The zero-order valence-corrected chi connectivity index (χ0v) is 14.6. The number of carbonyl (C=O) groups excluding carboxylic acids is 1. The molecule has 2 N–H and O–H groups in total. The largest absolute Gasteiger partial charge is 0.411 e. The Balaban J connectivity index is 0.00000288. The summed E-state index contributed by atoms with van der Waals surface area (Å²) in [5.74, 6) is 0.0585. The van der Waals surface area contributed by atoms with E-state index in [1.54, 1.807) is 0 Å². The van der Waals surface area contributed by atoms with Gasteiger partial charge >= 0.3 is 6.18 Å². The average Bonchev–Trinajstić information content (AvgIpc) is 2.94. The molecule has 0 atom stereocenters. The summed E-state index contributed by atoms with van der Waals surface area (Å²) in [7, 11) is 0. The van der Waals surface area contributed by atoms with Crippen molar-refractivity contribution in [3.05, 3.63) is 0 Å². The van der Waals surface area contributed by atoms with Gasteiger partial charge in [0.1, 0.15) is 6.61 Å². The third kappa shape index (κ3) is 6.38. The number of hydrogen-bond acceptors (Lipinski definition) is 4. The van der Waals surface area contributed by atoms with Crippen LogP contribution in [0.2, 0.25) is 0 Å². The number of hydrogen-bond donors (Lipinski definition) is 1. The van der Waals surface area contributed by atoms with Crippen LogP contribution >= 0.6 is 12.4 Å². The Bertz CT molecular complexity index is 396. The topological polar surface area (TPSA) is 58.8 Å². The molecule has 1 heterocycles. The predicted molar refractivity (Wildman–Crippen MR) is 87.1 cm³/mol. The molecule has 5 nitrogen and oxygen atoms in total. The molecule has 1 aliphatic heterocycles. The van der Waals surface area contributed by atoms with Crippen molar-refractivity contribution in [2.75, 3.05) is 45.9 Å². The molecule has 0 spiro atoms. The van der Waals surface area contributed by atoms with Crippen LogP contribution in [0.4, 0.5) is 13.2 Å². The number of carbonyl (C=O) groups is 1. The fourth-order valence-corrected chi connectivity index (χ4v) is 3.29. The SMILES string of the molecule is Cl.NC1(C(=O)N2CCN(CCCOCC(F)(F)F)CC2)CCCC1. The Morgan fingerprint density at radius 2 is 1.71 bits per heavy atom. The summed E-state index contributed by atoms with van der Waals surface area (Å²) in [6, 6.07) is 0. The van der Waals surface area contributed by atoms with Gasteiger partial charge in [0.2, 0.25) is 5.91 Å². The highest BCUT2D eigenvalue weighted by Crippen LogP contribution is 2.29. The van der Waals surface area contributed by atoms with Crippen molar-refractivity contribution in [3.63, 3.8) is 0 Å². The lowest BCUT2D eigenvalue weighted by Gasteiger charge is -2.38. The Hall–Kier alpha value is -0.570. The molecule has 24 heavy (non-hydrogen) atoms. The van der Waals surface area contributed by atoms with E-state index in [0.717, 1.165) is 38.8 Å². The van der Waals surface area contributed by atoms with E-state index in [4.69, 9.17) is 5.73 Å². The maximum Gasteiger partial charge on any atom is 0.411 e. The number of halogens is 4. The summed E-state index contributed by atoms with van der Waals surface area (Å²) >= 11 is 0. The number of rotatable bonds is 6. The quantitative estimate of drug-likeness (QED) is 0.721. The van der Waals surface area contributed by atoms with Gasteiger partial charge in [0.25, 0.3) is 0 Å². The van der Waals surface area contributed by atoms with Gasteiger partial charge in [-0.1, -0.05) is 12.8 Å². The van der Waals surface area contributed by atoms with E-state index in [0.29, 0.717) is 26.1 Å². The molecule has 1 aliphatic carbocycles. The summed E-state index contributed by atoms with van der Waals surface area (Å²) in [6.45, 7) is 2.36. The Morgan fingerprint density at radius 3 is 2.25 bits per heavy atom. The predicted octanol–water partition coefficient (Wildman–Crippen LogP) is 1.79. The number of nitrogens with zero attached hydrogens (tertiary/aromatic N) is 2. The van der Waals surface area contributed by atoms with E-state index in [1.165, 1.54) is 0 Å². The van der Waals surface area contributed by atoms with Gasteiger partial charge in [-0.2, -0.15) is 13.2 Å². The van der Waals surface area contributed by atoms with Gasteiger partial charge in [-0.25, -0.2) is 0 Å². The molecule has 1 amide bonds. The molecule has 0 aromatic carbocycles. The van der Waals surface area contributed by atoms with E-state index >= 15 is 0 Å². The van der Waals surface area contributed by atoms with Crippen LogP contribution in [0.1, 0.15) is 32.1 Å². The second kappa shape index (κ2) is 9.22. The van der Waals surface area contributed by atoms with Crippen LogP contribution in [0.25, 0.3) is 0 Å². The molecule has 0 unspecified atom stereocenters. The fraction of sp³-hybridized carbons (Fsp3) is 0.933. The van der Waals surface area contributed by atoms with Crippen molar-refractivity contribution in [1.29, 1.82) is 0 Å². The molecule has 9 heteroatoms.